The number of benzene rings is 1. The van der Waals surface area contributed by atoms with E-state index in [0.717, 1.165) is 12.5 Å². The zero-order chi connectivity index (χ0) is 18.0. The van der Waals surface area contributed by atoms with Crippen molar-refractivity contribution in [3.05, 3.63) is 35.9 Å². The van der Waals surface area contributed by atoms with Crippen LogP contribution >= 0.6 is 0 Å². The normalized spacial score (nSPS) is 12.6. The topological polar surface area (TPSA) is 136 Å². The van der Waals surface area contributed by atoms with Gasteiger partial charge in [-0.2, -0.15) is 0 Å². The molecule has 0 unspecified atom stereocenters. The fourth-order valence-corrected chi connectivity index (χ4v) is 1.64. The van der Waals surface area contributed by atoms with E-state index in [9.17, 15) is 9.59 Å². The van der Waals surface area contributed by atoms with Gasteiger partial charge in [0.15, 0.2) is 0 Å². The van der Waals surface area contributed by atoms with E-state index in [1.165, 1.54) is 0 Å². The molecule has 2 amide bonds. The summed E-state index contributed by atoms with van der Waals surface area (Å²) < 4.78 is 0. The van der Waals surface area contributed by atoms with Crippen molar-refractivity contribution in [2.24, 2.45) is 17.4 Å². The number of amides is 2. The van der Waals surface area contributed by atoms with Gasteiger partial charge in [-0.1, -0.05) is 44.2 Å². The molecule has 0 aliphatic carbocycles. The number of rotatable bonds is 6. The number of nitrogens with one attached hydrogen (secondary N) is 1. The Kier molecular flexibility index (Phi) is 9.26. The van der Waals surface area contributed by atoms with Crippen molar-refractivity contribution in [1.82, 2.24) is 5.32 Å². The van der Waals surface area contributed by atoms with E-state index in [0.29, 0.717) is 6.42 Å². The fraction of sp³-hybridized carbons (Fsp3) is 0.438. The summed E-state index contributed by atoms with van der Waals surface area (Å²) in [7, 11) is 0. The summed E-state index contributed by atoms with van der Waals surface area (Å²) >= 11 is 0. The maximum Gasteiger partial charge on any atom is 0.300 e. The Balaban J connectivity index is 0.00000108. The Hall–Kier alpha value is -2.41. The van der Waals surface area contributed by atoms with Gasteiger partial charge in [0.05, 0.1) is 6.04 Å². The highest BCUT2D eigenvalue weighted by molar-refractivity contribution is 5.89. The molecule has 7 nitrogen and oxygen atoms in total. The lowest BCUT2D eigenvalue weighted by Gasteiger charge is -2.20. The van der Waals surface area contributed by atoms with Crippen LogP contribution in [0.15, 0.2) is 30.3 Å². The van der Waals surface area contributed by atoms with Crippen LogP contribution in [0.4, 0.5) is 0 Å². The van der Waals surface area contributed by atoms with Gasteiger partial charge in [0.25, 0.3) is 5.97 Å². The molecule has 0 aromatic heterocycles. The second kappa shape index (κ2) is 10.3. The van der Waals surface area contributed by atoms with E-state index < -0.39 is 24.0 Å². The SMILES string of the molecule is CC(=O)O.CC(C)[C@H](N)C(=O)N[C@@H](Cc1ccccc1)C(N)=O. The number of carboxylic acids is 1. The van der Waals surface area contributed by atoms with Crippen molar-refractivity contribution < 1.29 is 19.5 Å². The molecule has 1 aromatic rings. The van der Waals surface area contributed by atoms with Gasteiger partial charge < -0.3 is 21.9 Å². The molecule has 0 aliphatic heterocycles. The molecule has 2 atom stereocenters. The van der Waals surface area contributed by atoms with Gasteiger partial charge in [0, 0.05) is 13.3 Å². The van der Waals surface area contributed by atoms with Gasteiger partial charge in [0.1, 0.15) is 6.04 Å². The van der Waals surface area contributed by atoms with Gasteiger partial charge in [-0.05, 0) is 11.5 Å². The van der Waals surface area contributed by atoms with Gasteiger partial charge in [-0.3, -0.25) is 14.4 Å². The first-order chi connectivity index (χ1) is 10.6. The average molecular weight is 323 g/mol. The molecular weight excluding hydrogens is 298 g/mol. The Morgan fingerprint density at radius 3 is 2.04 bits per heavy atom. The molecule has 23 heavy (non-hydrogen) atoms. The number of hydrogen-bond acceptors (Lipinski definition) is 4. The summed E-state index contributed by atoms with van der Waals surface area (Å²) in [6, 6.07) is 8.01. The molecule has 128 valence electrons. The first-order valence-corrected chi connectivity index (χ1v) is 7.23. The quantitative estimate of drug-likeness (QED) is 0.596. The number of aliphatic carboxylic acids is 1. The van der Waals surface area contributed by atoms with E-state index >= 15 is 0 Å². The summed E-state index contributed by atoms with van der Waals surface area (Å²) in [5, 5.41) is 10.0. The predicted octanol–water partition coefficient (Wildman–Crippen LogP) is 0.273. The summed E-state index contributed by atoms with van der Waals surface area (Å²) in [5.41, 5.74) is 12.0. The summed E-state index contributed by atoms with van der Waals surface area (Å²) in [5.74, 6) is -1.74. The van der Waals surface area contributed by atoms with Crippen LogP contribution in [0.25, 0.3) is 0 Å². The molecule has 0 saturated carbocycles. The molecule has 7 heteroatoms. The Labute approximate surface area is 136 Å². The van der Waals surface area contributed by atoms with Crippen LogP contribution < -0.4 is 16.8 Å². The largest absolute Gasteiger partial charge is 0.481 e. The third kappa shape index (κ3) is 9.26. The summed E-state index contributed by atoms with van der Waals surface area (Å²) in [4.78, 5) is 32.2. The lowest BCUT2D eigenvalue weighted by Crippen LogP contribution is -2.52. The lowest BCUT2D eigenvalue weighted by atomic mass is 10.0. The van der Waals surface area contributed by atoms with Gasteiger partial charge in [0.2, 0.25) is 11.8 Å². The first kappa shape index (κ1) is 20.6. The Morgan fingerprint density at radius 1 is 1.17 bits per heavy atom. The van der Waals surface area contributed by atoms with Crippen LogP contribution in [-0.2, 0) is 20.8 Å². The number of carboxylic acid groups (broad SMARTS) is 1. The zero-order valence-electron chi connectivity index (χ0n) is 13.7. The first-order valence-electron chi connectivity index (χ1n) is 7.23. The standard InChI is InChI=1S/C14H21N3O2.C2H4O2/c1-9(2)12(15)14(19)17-11(13(16)18)8-10-6-4-3-5-7-10;1-2(3)4/h3-7,9,11-12H,8,15H2,1-2H3,(H2,16,18)(H,17,19);1H3,(H,3,4)/t11-,12-;/m0./s1. The molecule has 0 fully saturated rings. The van der Waals surface area contributed by atoms with Crippen LogP contribution in [0.2, 0.25) is 0 Å². The number of carbonyl (C=O) groups excluding carboxylic acids is 2. The Bertz CT molecular complexity index is 513. The molecule has 0 bridgehead atoms. The third-order valence-corrected chi connectivity index (χ3v) is 2.96. The number of nitrogens with two attached hydrogens (primary N) is 2. The highest BCUT2D eigenvalue weighted by Crippen LogP contribution is 2.04. The van der Waals surface area contributed by atoms with Crippen molar-refractivity contribution >= 4 is 17.8 Å². The molecule has 0 saturated heterocycles. The van der Waals surface area contributed by atoms with Crippen molar-refractivity contribution in [3.63, 3.8) is 0 Å². The summed E-state index contributed by atoms with van der Waals surface area (Å²) in [6.45, 7) is 4.78. The second-order valence-electron chi connectivity index (χ2n) is 5.44. The van der Waals surface area contributed by atoms with Crippen molar-refractivity contribution in [2.75, 3.05) is 0 Å². The zero-order valence-corrected chi connectivity index (χ0v) is 13.7. The van der Waals surface area contributed by atoms with Crippen molar-refractivity contribution in [1.29, 1.82) is 0 Å². The van der Waals surface area contributed by atoms with Crippen LogP contribution in [0.5, 0.6) is 0 Å². The minimum absolute atomic E-state index is 0.00486. The highest BCUT2D eigenvalue weighted by atomic mass is 16.4. The fourth-order valence-electron chi connectivity index (χ4n) is 1.64. The van der Waals surface area contributed by atoms with Gasteiger partial charge >= 0.3 is 0 Å². The van der Waals surface area contributed by atoms with E-state index in [4.69, 9.17) is 21.4 Å². The second-order valence-corrected chi connectivity index (χ2v) is 5.44. The maximum atomic E-state index is 11.8. The van der Waals surface area contributed by atoms with Crippen LogP contribution in [0.1, 0.15) is 26.3 Å². The molecular formula is C16H25N3O4. The van der Waals surface area contributed by atoms with Crippen LogP contribution in [-0.4, -0.2) is 35.0 Å². The van der Waals surface area contributed by atoms with E-state index in [1.54, 1.807) is 0 Å². The van der Waals surface area contributed by atoms with E-state index in [-0.39, 0.29) is 11.8 Å². The van der Waals surface area contributed by atoms with Crippen molar-refractivity contribution in [3.8, 4) is 0 Å². The molecule has 1 rings (SSSR count). The minimum Gasteiger partial charge on any atom is -0.481 e. The number of primary amides is 1. The van der Waals surface area contributed by atoms with Gasteiger partial charge in [-0.25, -0.2) is 0 Å². The lowest BCUT2D eigenvalue weighted by molar-refractivity contribution is -0.134. The molecule has 1 aromatic carbocycles. The predicted molar refractivity (Wildman–Crippen MR) is 87.4 cm³/mol. The molecule has 0 heterocycles. The molecule has 6 N–H and O–H groups in total. The maximum absolute atomic E-state index is 11.8. The van der Waals surface area contributed by atoms with Crippen LogP contribution in [0, 0.1) is 5.92 Å². The van der Waals surface area contributed by atoms with Crippen molar-refractivity contribution in [2.45, 2.75) is 39.3 Å². The van der Waals surface area contributed by atoms with E-state index in [1.807, 2.05) is 44.2 Å². The Morgan fingerprint density at radius 2 is 1.65 bits per heavy atom. The summed E-state index contributed by atoms with van der Waals surface area (Å²) in [6.07, 6.45) is 0.368. The average Bonchev–Trinajstić information content (AvgIpc) is 2.45. The smallest absolute Gasteiger partial charge is 0.300 e. The third-order valence-electron chi connectivity index (χ3n) is 2.96. The van der Waals surface area contributed by atoms with Crippen LogP contribution in [0.3, 0.4) is 0 Å². The molecule has 0 radical (unpaired) electrons. The van der Waals surface area contributed by atoms with Gasteiger partial charge in [-0.15, -0.1) is 0 Å². The monoisotopic (exact) mass is 323 g/mol. The number of carbonyl (C=O) groups is 3. The number of hydrogen-bond donors (Lipinski definition) is 4. The highest BCUT2D eigenvalue weighted by Gasteiger charge is 2.23. The van der Waals surface area contributed by atoms with E-state index in [2.05, 4.69) is 5.32 Å². The minimum atomic E-state index is -0.833. The molecule has 0 spiro atoms. The molecule has 0 aliphatic rings.